The van der Waals surface area contributed by atoms with Crippen LogP contribution in [-0.2, 0) is 33.3 Å². The summed E-state index contributed by atoms with van der Waals surface area (Å²) in [6, 6.07) is 0. The van der Waals surface area contributed by atoms with Crippen molar-refractivity contribution in [1.29, 1.82) is 0 Å². The lowest BCUT2D eigenvalue weighted by atomic mass is 9.81. The van der Waals surface area contributed by atoms with Crippen LogP contribution >= 0.6 is 0 Å². The first-order valence-electron chi connectivity index (χ1n) is 9.75. The third-order valence-electron chi connectivity index (χ3n) is 5.78. The molecule has 0 spiro atoms. The second-order valence-corrected chi connectivity index (χ2v) is 8.66. The predicted molar refractivity (Wildman–Crippen MR) is 100 cm³/mol. The van der Waals surface area contributed by atoms with E-state index in [4.69, 9.17) is 18.9 Å². The number of hydrogen-bond donors (Lipinski definition) is 1. The largest absolute Gasteiger partial charge is 0.461 e. The van der Waals surface area contributed by atoms with Crippen molar-refractivity contribution in [3.8, 4) is 0 Å². The van der Waals surface area contributed by atoms with E-state index in [-0.39, 0.29) is 24.3 Å². The normalized spacial score (nSPS) is 40.9. The maximum Gasteiger partial charge on any atom is 0.334 e. The zero-order valence-electron chi connectivity index (χ0n) is 17.4. The van der Waals surface area contributed by atoms with Gasteiger partial charge in [-0.25, -0.2) is 4.79 Å². The molecule has 0 aliphatic carbocycles. The highest BCUT2D eigenvalue weighted by molar-refractivity contribution is 5.91. The fourth-order valence-electron chi connectivity index (χ4n) is 4.29. The van der Waals surface area contributed by atoms with Gasteiger partial charge in [0.25, 0.3) is 0 Å². The molecule has 0 radical (unpaired) electrons. The molecule has 0 saturated carbocycles. The Morgan fingerprint density at radius 2 is 1.97 bits per heavy atom. The minimum absolute atomic E-state index is 0.170. The van der Waals surface area contributed by atoms with Gasteiger partial charge in [0.2, 0.25) is 5.79 Å². The van der Waals surface area contributed by atoms with Gasteiger partial charge in [-0.15, -0.1) is 0 Å². The first-order valence-corrected chi connectivity index (χ1v) is 9.75. The van der Waals surface area contributed by atoms with E-state index in [1.807, 2.05) is 0 Å². The number of rotatable bonds is 3. The highest BCUT2D eigenvalue weighted by atomic mass is 16.7. The Morgan fingerprint density at radius 1 is 1.31 bits per heavy atom. The molecule has 3 aliphatic heterocycles. The van der Waals surface area contributed by atoms with Crippen molar-refractivity contribution in [3.05, 3.63) is 23.8 Å². The van der Waals surface area contributed by atoms with Crippen molar-refractivity contribution in [2.75, 3.05) is 0 Å². The van der Waals surface area contributed by atoms with Crippen molar-refractivity contribution in [1.82, 2.24) is 0 Å². The molecular formula is C21H28O8. The molecule has 29 heavy (non-hydrogen) atoms. The molecule has 160 valence electrons. The molecule has 1 N–H and O–H groups in total. The lowest BCUT2D eigenvalue weighted by Crippen LogP contribution is -2.43. The SMILES string of the molecule is C=C1C(=O)OC2/C=C(/C)C3(O)OC(C)(CC(OC(=O)C(C)C)C12)CC3OC(C)=O. The number of hydrogen-bond acceptors (Lipinski definition) is 8. The van der Waals surface area contributed by atoms with E-state index in [1.54, 1.807) is 33.8 Å². The van der Waals surface area contributed by atoms with E-state index < -0.39 is 53.5 Å². The van der Waals surface area contributed by atoms with E-state index in [0.717, 1.165) is 0 Å². The van der Waals surface area contributed by atoms with Crippen molar-refractivity contribution >= 4 is 17.9 Å². The van der Waals surface area contributed by atoms with Gasteiger partial charge in [0, 0.05) is 25.3 Å². The van der Waals surface area contributed by atoms with Crippen LogP contribution in [0.25, 0.3) is 0 Å². The summed E-state index contributed by atoms with van der Waals surface area (Å²) in [6.45, 7) is 11.9. The minimum atomic E-state index is -1.88. The van der Waals surface area contributed by atoms with Gasteiger partial charge in [-0.05, 0) is 25.5 Å². The summed E-state index contributed by atoms with van der Waals surface area (Å²) in [5.41, 5.74) is -0.418. The molecule has 2 bridgehead atoms. The van der Waals surface area contributed by atoms with Crippen LogP contribution in [0.1, 0.15) is 47.5 Å². The third-order valence-corrected chi connectivity index (χ3v) is 5.78. The molecule has 6 unspecified atom stereocenters. The average Bonchev–Trinajstić information content (AvgIpc) is 3.00. The number of aliphatic hydroxyl groups is 1. The van der Waals surface area contributed by atoms with Gasteiger partial charge in [0.1, 0.15) is 12.2 Å². The highest BCUT2D eigenvalue weighted by Crippen LogP contribution is 2.49. The van der Waals surface area contributed by atoms with Crippen molar-refractivity contribution in [2.24, 2.45) is 11.8 Å². The molecule has 3 heterocycles. The molecule has 8 nitrogen and oxygen atoms in total. The van der Waals surface area contributed by atoms with E-state index >= 15 is 0 Å². The van der Waals surface area contributed by atoms with Crippen molar-refractivity contribution < 1.29 is 38.4 Å². The summed E-state index contributed by atoms with van der Waals surface area (Å²) in [7, 11) is 0. The van der Waals surface area contributed by atoms with Gasteiger partial charge in [-0.1, -0.05) is 20.4 Å². The lowest BCUT2D eigenvalue weighted by Gasteiger charge is -2.33. The van der Waals surface area contributed by atoms with Gasteiger partial charge in [0.15, 0.2) is 6.10 Å². The van der Waals surface area contributed by atoms with Gasteiger partial charge < -0.3 is 24.1 Å². The molecule has 6 atom stereocenters. The van der Waals surface area contributed by atoms with Crippen LogP contribution in [0.4, 0.5) is 0 Å². The number of carbonyl (C=O) groups excluding carboxylic acids is 3. The first-order chi connectivity index (χ1) is 13.4. The molecular weight excluding hydrogens is 380 g/mol. The molecule has 0 aromatic heterocycles. The van der Waals surface area contributed by atoms with Crippen LogP contribution in [0.2, 0.25) is 0 Å². The summed E-state index contributed by atoms with van der Waals surface area (Å²) in [4.78, 5) is 36.2. The van der Waals surface area contributed by atoms with Crippen LogP contribution in [-0.4, -0.2) is 52.7 Å². The zero-order chi connectivity index (χ0) is 21.7. The fraction of sp³-hybridized carbons (Fsp3) is 0.667. The maximum absolute atomic E-state index is 12.4. The average molecular weight is 408 g/mol. The zero-order valence-corrected chi connectivity index (χ0v) is 17.4. The van der Waals surface area contributed by atoms with Crippen LogP contribution in [0.3, 0.4) is 0 Å². The molecule has 0 aromatic carbocycles. The van der Waals surface area contributed by atoms with E-state index in [0.29, 0.717) is 5.57 Å². The van der Waals surface area contributed by atoms with Gasteiger partial charge >= 0.3 is 17.9 Å². The Balaban J connectivity index is 2.07. The molecule has 3 rings (SSSR count). The Labute approximate surface area is 169 Å². The predicted octanol–water partition coefficient (Wildman–Crippen LogP) is 1.80. The maximum atomic E-state index is 12.4. The Bertz CT molecular complexity index is 784. The highest BCUT2D eigenvalue weighted by Gasteiger charge is 2.60. The number of carbonyl (C=O) groups is 3. The molecule has 0 aromatic rings. The summed E-state index contributed by atoms with van der Waals surface area (Å²) in [6.07, 6.45) is -0.564. The minimum Gasteiger partial charge on any atom is -0.461 e. The molecule has 0 amide bonds. The number of ether oxygens (including phenoxy) is 4. The van der Waals surface area contributed by atoms with Gasteiger partial charge in [-0.2, -0.15) is 0 Å². The topological polar surface area (TPSA) is 108 Å². The quantitative estimate of drug-likeness (QED) is 0.326. The third kappa shape index (κ3) is 3.83. The standard InChI is InChI=1S/C21H28O8/c1-10(2)18(23)28-15-8-20(6)9-16(26-13(5)22)21(25,29-20)11(3)7-14-17(15)12(4)19(24)27-14/h7,10,14-17,25H,4,8-9H2,1-3,5-6H3/b11-7-. The van der Waals surface area contributed by atoms with Gasteiger partial charge in [-0.3, -0.25) is 9.59 Å². The molecule has 8 heteroatoms. The van der Waals surface area contributed by atoms with E-state index in [1.165, 1.54) is 6.92 Å². The summed E-state index contributed by atoms with van der Waals surface area (Å²) in [5, 5.41) is 11.3. The number of fused-ring (bicyclic) bond motifs is 3. The van der Waals surface area contributed by atoms with E-state index in [2.05, 4.69) is 6.58 Å². The Morgan fingerprint density at radius 3 is 2.55 bits per heavy atom. The molecule has 3 aliphatic rings. The Hall–Kier alpha value is -2.19. The van der Waals surface area contributed by atoms with Crippen LogP contribution in [0, 0.1) is 11.8 Å². The van der Waals surface area contributed by atoms with Crippen LogP contribution in [0.5, 0.6) is 0 Å². The summed E-state index contributed by atoms with van der Waals surface area (Å²) in [5.74, 6) is -4.39. The van der Waals surface area contributed by atoms with Crippen molar-refractivity contribution in [2.45, 2.75) is 77.2 Å². The fourth-order valence-corrected chi connectivity index (χ4v) is 4.29. The second-order valence-electron chi connectivity index (χ2n) is 8.66. The summed E-state index contributed by atoms with van der Waals surface area (Å²) >= 11 is 0. The van der Waals surface area contributed by atoms with Crippen LogP contribution in [0.15, 0.2) is 23.8 Å². The smallest absolute Gasteiger partial charge is 0.334 e. The number of esters is 3. The Kier molecular flexibility index (Phi) is 5.38. The monoisotopic (exact) mass is 408 g/mol. The first kappa shape index (κ1) is 21.5. The van der Waals surface area contributed by atoms with Crippen molar-refractivity contribution in [3.63, 3.8) is 0 Å². The molecule has 2 fully saturated rings. The van der Waals surface area contributed by atoms with Crippen LogP contribution < -0.4 is 0 Å². The summed E-state index contributed by atoms with van der Waals surface area (Å²) < 4.78 is 22.5. The lowest BCUT2D eigenvalue weighted by molar-refractivity contribution is -0.232. The van der Waals surface area contributed by atoms with E-state index in [9.17, 15) is 19.5 Å². The second kappa shape index (κ2) is 7.25. The molecule has 2 saturated heterocycles. The van der Waals surface area contributed by atoms with Gasteiger partial charge in [0.05, 0.1) is 17.4 Å².